The maximum Gasteiger partial charge on any atom is 0.306 e. The number of hydrogen-bond acceptors (Lipinski definition) is 6. The van der Waals surface area contributed by atoms with E-state index in [1.54, 1.807) is 0 Å². The van der Waals surface area contributed by atoms with Gasteiger partial charge in [0.1, 0.15) is 13.2 Å². The smallest absolute Gasteiger partial charge is 0.306 e. The summed E-state index contributed by atoms with van der Waals surface area (Å²) in [4.78, 5) is 38.3. The van der Waals surface area contributed by atoms with Crippen LogP contribution in [0.1, 0.15) is 278 Å². The number of unbranched alkanes of at least 4 members (excludes halogenated alkanes) is 20. The lowest BCUT2D eigenvalue weighted by Gasteiger charge is -2.18. The first-order valence-corrected chi connectivity index (χ1v) is 33.6. The lowest BCUT2D eigenvalue weighted by atomic mass is 10.0. The van der Waals surface area contributed by atoms with Crippen LogP contribution >= 0.6 is 0 Å². The van der Waals surface area contributed by atoms with E-state index in [0.717, 1.165) is 122 Å². The van der Waals surface area contributed by atoms with Crippen molar-refractivity contribution in [2.24, 2.45) is 0 Å². The van der Waals surface area contributed by atoms with E-state index < -0.39 is 12.1 Å². The number of esters is 3. The summed E-state index contributed by atoms with van der Waals surface area (Å²) in [7, 11) is 0. The number of carbonyl (C=O) groups is 3. The minimum atomic E-state index is -0.844. The van der Waals surface area contributed by atoms with Crippen molar-refractivity contribution in [2.45, 2.75) is 284 Å². The molecule has 0 spiro atoms. The van der Waals surface area contributed by atoms with Gasteiger partial charge in [-0.2, -0.15) is 0 Å². The third-order valence-electron chi connectivity index (χ3n) is 13.7. The average molecular weight is 1140 g/mol. The number of allylic oxidation sites excluding steroid dienone is 28. The zero-order chi connectivity index (χ0) is 59.9. The van der Waals surface area contributed by atoms with Crippen molar-refractivity contribution in [3.63, 3.8) is 0 Å². The molecule has 0 aliphatic carbocycles. The van der Waals surface area contributed by atoms with E-state index in [0.29, 0.717) is 19.3 Å². The van der Waals surface area contributed by atoms with E-state index in [1.165, 1.54) is 103 Å². The summed E-state index contributed by atoms with van der Waals surface area (Å²) in [5.74, 6) is -1.06. The second kappa shape index (κ2) is 69.3. The minimum Gasteiger partial charge on any atom is -0.462 e. The predicted octanol–water partition coefficient (Wildman–Crippen LogP) is 23.4. The van der Waals surface area contributed by atoms with E-state index >= 15 is 0 Å². The van der Waals surface area contributed by atoms with Crippen molar-refractivity contribution >= 4 is 17.9 Å². The molecule has 0 aliphatic heterocycles. The average Bonchev–Trinajstić information content (AvgIpc) is 3.49. The van der Waals surface area contributed by atoms with E-state index in [1.807, 2.05) is 12.2 Å². The summed E-state index contributed by atoms with van der Waals surface area (Å²) in [5.41, 5.74) is 0. The van der Waals surface area contributed by atoms with Crippen molar-refractivity contribution in [1.29, 1.82) is 0 Å². The molecule has 0 rings (SSSR count). The van der Waals surface area contributed by atoms with Gasteiger partial charge in [0.2, 0.25) is 0 Å². The van der Waals surface area contributed by atoms with Crippen LogP contribution in [0.25, 0.3) is 0 Å². The molecule has 0 aromatic rings. The normalized spacial score (nSPS) is 13.2. The molecule has 466 valence electrons. The van der Waals surface area contributed by atoms with Crippen LogP contribution in [0.2, 0.25) is 0 Å². The largest absolute Gasteiger partial charge is 0.462 e. The van der Waals surface area contributed by atoms with E-state index in [9.17, 15) is 14.4 Å². The summed E-state index contributed by atoms with van der Waals surface area (Å²) in [5, 5.41) is 0. The molecule has 0 bridgehead atoms. The van der Waals surface area contributed by atoms with E-state index in [4.69, 9.17) is 14.2 Å². The number of hydrogen-bond donors (Lipinski definition) is 0. The molecule has 0 aliphatic rings. The van der Waals surface area contributed by atoms with Crippen molar-refractivity contribution in [3.8, 4) is 0 Å². The number of rotatable bonds is 59. The standard InChI is InChI=1S/C77H122O6/c1-4-7-10-13-16-19-22-25-28-30-32-33-34-35-36-37-38-39-40-41-42-43-45-46-49-52-55-58-61-64-67-70-76(79)82-73-74(72-81-75(78)69-66-63-60-57-54-51-48-27-24-21-18-15-12-9-6-3)83-77(80)71-68-65-62-59-56-53-50-47-44-31-29-26-23-20-17-14-11-8-5-2/h7-12,16-21,25-29,32-33,44,47-48,53-54,56-57,62,65,74H,4-6,13-15,22-24,30-31,34-43,45-46,49-52,55,58-61,63-64,66-73H2,1-3H3/b10-7-,11-8-,12-9-,19-16-,20-17-,21-18-,28-25-,29-26-,33-32-,47-44-,48-27-,56-53-,57-54-,65-62-. The van der Waals surface area contributed by atoms with Gasteiger partial charge in [-0.15, -0.1) is 0 Å². The quantitative estimate of drug-likeness (QED) is 0.0261. The Bertz CT molecular complexity index is 1890. The van der Waals surface area contributed by atoms with Crippen LogP contribution in [0.15, 0.2) is 170 Å². The van der Waals surface area contributed by atoms with Crippen molar-refractivity contribution in [1.82, 2.24) is 0 Å². The van der Waals surface area contributed by atoms with Gasteiger partial charge in [-0.05, 0) is 135 Å². The highest BCUT2D eigenvalue weighted by Gasteiger charge is 2.19. The van der Waals surface area contributed by atoms with Gasteiger partial charge in [0.15, 0.2) is 6.10 Å². The Kier molecular flexibility index (Phi) is 64.9. The molecular formula is C77H122O6. The van der Waals surface area contributed by atoms with Crippen LogP contribution in [0, 0.1) is 0 Å². The van der Waals surface area contributed by atoms with E-state index in [-0.39, 0.29) is 38.0 Å². The summed E-state index contributed by atoms with van der Waals surface area (Å²) in [6.07, 6.45) is 103. The molecule has 1 unspecified atom stereocenters. The molecular weight excluding hydrogens is 1020 g/mol. The monoisotopic (exact) mass is 1140 g/mol. The third kappa shape index (κ3) is 67.4. The van der Waals surface area contributed by atoms with Gasteiger partial charge in [0.25, 0.3) is 0 Å². The highest BCUT2D eigenvalue weighted by atomic mass is 16.6. The Hall–Kier alpha value is -5.23. The van der Waals surface area contributed by atoms with E-state index in [2.05, 4.69) is 179 Å². The maximum atomic E-state index is 12.9. The summed E-state index contributed by atoms with van der Waals surface area (Å²) >= 11 is 0. The van der Waals surface area contributed by atoms with Gasteiger partial charge >= 0.3 is 17.9 Å². The molecule has 0 aromatic carbocycles. The third-order valence-corrected chi connectivity index (χ3v) is 13.7. The molecule has 0 radical (unpaired) electrons. The van der Waals surface area contributed by atoms with Gasteiger partial charge in [-0.1, -0.05) is 294 Å². The fourth-order valence-corrected chi connectivity index (χ4v) is 8.80. The van der Waals surface area contributed by atoms with Gasteiger partial charge in [0, 0.05) is 19.3 Å². The summed E-state index contributed by atoms with van der Waals surface area (Å²) in [6.45, 7) is 6.20. The van der Waals surface area contributed by atoms with Crippen LogP contribution in [-0.2, 0) is 28.6 Å². The molecule has 6 nitrogen and oxygen atoms in total. The Labute approximate surface area is 511 Å². The molecule has 6 heteroatoms. The second-order valence-corrected chi connectivity index (χ2v) is 21.6. The van der Waals surface area contributed by atoms with Gasteiger partial charge in [-0.25, -0.2) is 0 Å². The highest BCUT2D eigenvalue weighted by molar-refractivity contribution is 5.71. The molecule has 0 fully saturated rings. The lowest BCUT2D eigenvalue weighted by molar-refractivity contribution is -0.166. The Morgan fingerprint density at radius 1 is 0.241 bits per heavy atom. The predicted molar refractivity (Wildman–Crippen MR) is 361 cm³/mol. The van der Waals surface area contributed by atoms with Crippen LogP contribution in [0.5, 0.6) is 0 Å². The van der Waals surface area contributed by atoms with Crippen molar-refractivity contribution in [3.05, 3.63) is 170 Å². The molecule has 0 N–H and O–H groups in total. The number of ether oxygens (including phenoxy) is 3. The number of carbonyl (C=O) groups excluding carboxylic acids is 3. The van der Waals surface area contributed by atoms with Gasteiger partial charge in [0.05, 0.1) is 0 Å². The fraction of sp³-hybridized carbons (Fsp3) is 0.597. The van der Waals surface area contributed by atoms with Crippen LogP contribution in [0.3, 0.4) is 0 Å². The van der Waals surface area contributed by atoms with Gasteiger partial charge < -0.3 is 14.2 Å². The topological polar surface area (TPSA) is 78.9 Å². The minimum absolute atomic E-state index is 0.127. The molecule has 0 saturated heterocycles. The second-order valence-electron chi connectivity index (χ2n) is 21.6. The SMILES string of the molecule is CC/C=C\C/C=C\C/C=C\C/C=C\C/C=C\C/C=C\CCC(=O)OC(COC(=O)CCCC/C=C\C/C=C\C/C=C\C/C=C\CC)COC(=O)CCCCCCCCCCCCCCCCCCCC/C=C\C/C=C\C/C=C\C/C=C\CC. The summed E-state index contributed by atoms with van der Waals surface area (Å²) < 4.78 is 16.8. The van der Waals surface area contributed by atoms with Gasteiger partial charge in [-0.3, -0.25) is 14.4 Å². The lowest BCUT2D eigenvalue weighted by Crippen LogP contribution is -2.30. The van der Waals surface area contributed by atoms with Crippen LogP contribution in [-0.4, -0.2) is 37.2 Å². The Morgan fingerprint density at radius 2 is 0.458 bits per heavy atom. The molecule has 83 heavy (non-hydrogen) atoms. The van der Waals surface area contributed by atoms with Crippen molar-refractivity contribution < 1.29 is 28.6 Å². The molecule has 1 atom stereocenters. The molecule has 0 amide bonds. The molecule has 0 heterocycles. The fourth-order valence-electron chi connectivity index (χ4n) is 8.80. The van der Waals surface area contributed by atoms with Crippen molar-refractivity contribution in [2.75, 3.05) is 13.2 Å². The zero-order valence-corrected chi connectivity index (χ0v) is 53.4. The first-order chi connectivity index (χ1) is 41.0. The first kappa shape index (κ1) is 77.8. The molecule has 0 aromatic heterocycles. The Morgan fingerprint density at radius 3 is 0.747 bits per heavy atom. The van der Waals surface area contributed by atoms with Crippen LogP contribution in [0.4, 0.5) is 0 Å². The maximum absolute atomic E-state index is 12.9. The summed E-state index contributed by atoms with van der Waals surface area (Å²) in [6, 6.07) is 0. The Balaban J connectivity index is 4.37. The van der Waals surface area contributed by atoms with Crippen LogP contribution < -0.4 is 0 Å². The highest BCUT2D eigenvalue weighted by Crippen LogP contribution is 2.16. The first-order valence-electron chi connectivity index (χ1n) is 33.6. The zero-order valence-electron chi connectivity index (χ0n) is 53.4. The molecule has 0 saturated carbocycles.